The van der Waals surface area contributed by atoms with Crippen LogP contribution in [0, 0.1) is 5.92 Å². The van der Waals surface area contributed by atoms with Crippen LogP contribution in [-0.4, -0.2) is 17.6 Å². The van der Waals surface area contributed by atoms with Crippen molar-refractivity contribution in [3.63, 3.8) is 0 Å². The summed E-state index contributed by atoms with van der Waals surface area (Å²) in [4.78, 5) is 4.69. The summed E-state index contributed by atoms with van der Waals surface area (Å²) in [5.41, 5.74) is 1.30. The van der Waals surface area contributed by atoms with E-state index in [2.05, 4.69) is 15.7 Å². The molecule has 0 spiro atoms. The zero-order valence-corrected chi connectivity index (χ0v) is 9.85. The van der Waals surface area contributed by atoms with Crippen LogP contribution < -0.4 is 5.32 Å². The first kappa shape index (κ1) is 9.79. The van der Waals surface area contributed by atoms with Gasteiger partial charge in [0.2, 0.25) is 0 Å². The molecule has 1 heterocycles. The van der Waals surface area contributed by atoms with E-state index < -0.39 is 0 Å². The minimum atomic E-state index is 0.828. The third-order valence-corrected chi connectivity index (χ3v) is 4.07. The van der Waals surface area contributed by atoms with Gasteiger partial charge in [0, 0.05) is 30.8 Å². The smallest absolute Gasteiger partial charge is 0.0931 e. The van der Waals surface area contributed by atoms with Crippen LogP contribution in [0.3, 0.4) is 0 Å². The first-order chi connectivity index (χ1) is 7.40. The van der Waals surface area contributed by atoms with E-state index in [1.54, 1.807) is 0 Å². The third kappa shape index (κ3) is 3.02. The zero-order chi connectivity index (χ0) is 10.1. The topological polar surface area (TPSA) is 24.9 Å². The van der Waals surface area contributed by atoms with Gasteiger partial charge in [0.25, 0.3) is 0 Å². The molecule has 0 radical (unpaired) electrons. The summed E-state index contributed by atoms with van der Waals surface area (Å²) in [6.07, 6.45) is 7.96. The Labute approximate surface area is 95.1 Å². The SMILES string of the molecule is c1sc(CC2CC2)nc1CCNC1CC1. The number of nitrogens with zero attached hydrogens (tertiary/aromatic N) is 1. The normalized spacial score (nSPS) is 20.8. The van der Waals surface area contributed by atoms with Gasteiger partial charge in [0.15, 0.2) is 0 Å². The third-order valence-electron chi connectivity index (χ3n) is 3.15. The standard InChI is InChI=1S/C12H18N2S/c1-2-9(1)7-12-14-11(8-15-12)5-6-13-10-3-4-10/h8-10,13H,1-7H2. The highest BCUT2D eigenvalue weighted by Gasteiger charge is 2.23. The molecule has 3 heteroatoms. The molecule has 0 atom stereocenters. The van der Waals surface area contributed by atoms with Gasteiger partial charge < -0.3 is 5.32 Å². The second-order valence-electron chi connectivity index (χ2n) is 4.86. The van der Waals surface area contributed by atoms with Gasteiger partial charge in [-0.1, -0.05) is 0 Å². The molecule has 0 saturated heterocycles. The van der Waals surface area contributed by atoms with Gasteiger partial charge in [-0.25, -0.2) is 4.98 Å². The summed E-state index contributed by atoms with van der Waals surface area (Å²) < 4.78 is 0. The predicted octanol–water partition coefficient (Wildman–Crippen LogP) is 2.39. The lowest BCUT2D eigenvalue weighted by Gasteiger charge is -1.99. The Bertz CT molecular complexity index is 326. The Morgan fingerprint density at radius 1 is 1.33 bits per heavy atom. The Kier molecular flexibility index (Phi) is 2.76. The quantitative estimate of drug-likeness (QED) is 0.799. The molecular weight excluding hydrogens is 204 g/mol. The van der Waals surface area contributed by atoms with E-state index in [0.29, 0.717) is 0 Å². The highest BCUT2D eigenvalue weighted by Crippen LogP contribution is 2.33. The summed E-state index contributed by atoms with van der Waals surface area (Å²) >= 11 is 1.85. The van der Waals surface area contributed by atoms with Gasteiger partial charge >= 0.3 is 0 Å². The molecule has 82 valence electrons. The molecule has 3 rings (SSSR count). The predicted molar refractivity (Wildman–Crippen MR) is 63.3 cm³/mol. The second kappa shape index (κ2) is 4.22. The summed E-state index contributed by atoms with van der Waals surface area (Å²) in [5.74, 6) is 0.966. The van der Waals surface area contributed by atoms with Crippen molar-refractivity contribution in [2.75, 3.05) is 6.54 Å². The number of hydrogen-bond acceptors (Lipinski definition) is 3. The highest BCUT2D eigenvalue weighted by molar-refractivity contribution is 7.09. The molecular formula is C12H18N2S. The summed E-state index contributed by atoms with van der Waals surface area (Å²) in [7, 11) is 0. The molecule has 0 aliphatic heterocycles. The van der Waals surface area contributed by atoms with Crippen LogP contribution in [0.2, 0.25) is 0 Å². The minimum Gasteiger partial charge on any atom is -0.314 e. The molecule has 2 aliphatic carbocycles. The maximum absolute atomic E-state index is 4.69. The lowest BCUT2D eigenvalue weighted by Crippen LogP contribution is -2.19. The fourth-order valence-electron chi connectivity index (χ4n) is 1.82. The number of hydrogen-bond donors (Lipinski definition) is 1. The van der Waals surface area contributed by atoms with Crippen LogP contribution in [0.1, 0.15) is 36.4 Å². The van der Waals surface area contributed by atoms with Crippen LogP contribution in [0.15, 0.2) is 5.38 Å². The van der Waals surface area contributed by atoms with Crippen LogP contribution in [-0.2, 0) is 12.8 Å². The van der Waals surface area contributed by atoms with E-state index in [4.69, 9.17) is 0 Å². The van der Waals surface area contributed by atoms with E-state index in [0.717, 1.165) is 24.9 Å². The van der Waals surface area contributed by atoms with Gasteiger partial charge in [0.1, 0.15) is 0 Å². The molecule has 2 saturated carbocycles. The van der Waals surface area contributed by atoms with Crippen molar-refractivity contribution < 1.29 is 0 Å². The average molecular weight is 222 g/mol. The van der Waals surface area contributed by atoms with Crippen molar-refractivity contribution >= 4 is 11.3 Å². The van der Waals surface area contributed by atoms with Gasteiger partial charge in [-0.2, -0.15) is 0 Å². The van der Waals surface area contributed by atoms with Crippen molar-refractivity contribution in [3.8, 4) is 0 Å². The first-order valence-corrected chi connectivity index (χ1v) is 6.95. The molecule has 0 bridgehead atoms. The highest BCUT2D eigenvalue weighted by atomic mass is 32.1. The summed E-state index contributed by atoms with van der Waals surface area (Å²) in [6, 6.07) is 0.828. The van der Waals surface area contributed by atoms with Crippen LogP contribution in [0.4, 0.5) is 0 Å². The molecule has 15 heavy (non-hydrogen) atoms. The van der Waals surface area contributed by atoms with Gasteiger partial charge in [-0.3, -0.25) is 0 Å². The Morgan fingerprint density at radius 3 is 2.93 bits per heavy atom. The second-order valence-corrected chi connectivity index (χ2v) is 5.80. The van der Waals surface area contributed by atoms with Crippen LogP contribution >= 0.6 is 11.3 Å². The largest absolute Gasteiger partial charge is 0.314 e. The van der Waals surface area contributed by atoms with Crippen molar-refractivity contribution in [3.05, 3.63) is 16.1 Å². The molecule has 1 aromatic heterocycles. The molecule has 2 nitrogen and oxygen atoms in total. The Morgan fingerprint density at radius 2 is 2.20 bits per heavy atom. The van der Waals surface area contributed by atoms with E-state index >= 15 is 0 Å². The fraction of sp³-hybridized carbons (Fsp3) is 0.750. The molecule has 1 aromatic rings. The number of aromatic nitrogens is 1. The van der Waals surface area contributed by atoms with E-state index in [9.17, 15) is 0 Å². The van der Waals surface area contributed by atoms with Crippen molar-refractivity contribution in [1.82, 2.24) is 10.3 Å². The molecule has 0 amide bonds. The van der Waals surface area contributed by atoms with Gasteiger partial charge in [-0.05, 0) is 31.6 Å². The average Bonchev–Trinajstić information content (AvgIpc) is 3.10. The summed E-state index contributed by atoms with van der Waals surface area (Å²) in [6.45, 7) is 1.11. The monoisotopic (exact) mass is 222 g/mol. The maximum Gasteiger partial charge on any atom is 0.0931 e. The van der Waals surface area contributed by atoms with Crippen molar-refractivity contribution in [2.45, 2.75) is 44.6 Å². The Hall–Kier alpha value is -0.410. The minimum absolute atomic E-state index is 0.828. The van der Waals surface area contributed by atoms with Crippen molar-refractivity contribution in [2.24, 2.45) is 5.92 Å². The molecule has 2 aliphatic rings. The molecule has 1 N–H and O–H groups in total. The van der Waals surface area contributed by atoms with E-state index in [-0.39, 0.29) is 0 Å². The van der Waals surface area contributed by atoms with Crippen molar-refractivity contribution in [1.29, 1.82) is 0 Å². The lowest BCUT2D eigenvalue weighted by atomic mass is 10.3. The molecule has 0 unspecified atom stereocenters. The first-order valence-electron chi connectivity index (χ1n) is 6.07. The Balaban J connectivity index is 1.44. The number of nitrogens with one attached hydrogen (secondary N) is 1. The number of rotatable bonds is 6. The number of thiazole rings is 1. The fourth-order valence-corrected chi connectivity index (χ4v) is 2.76. The van der Waals surface area contributed by atoms with Crippen LogP contribution in [0.25, 0.3) is 0 Å². The molecule has 0 aromatic carbocycles. The van der Waals surface area contributed by atoms with E-state index in [1.165, 1.54) is 42.8 Å². The van der Waals surface area contributed by atoms with Gasteiger partial charge in [-0.15, -0.1) is 11.3 Å². The maximum atomic E-state index is 4.69. The zero-order valence-electron chi connectivity index (χ0n) is 9.04. The van der Waals surface area contributed by atoms with E-state index in [1.807, 2.05) is 11.3 Å². The van der Waals surface area contributed by atoms with Crippen LogP contribution in [0.5, 0.6) is 0 Å². The summed E-state index contributed by atoms with van der Waals surface area (Å²) in [5, 5.41) is 7.13. The lowest BCUT2D eigenvalue weighted by molar-refractivity contribution is 0.675. The van der Waals surface area contributed by atoms with Gasteiger partial charge in [0.05, 0.1) is 10.7 Å². The molecule has 2 fully saturated rings.